The minimum absolute atomic E-state index is 0.0735. The Morgan fingerprint density at radius 3 is 2.79 bits per heavy atom. The lowest BCUT2D eigenvalue weighted by atomic mass is 10.0. The molecule has 1 fully saturated rings. The number of methoxy groups -OCH3 is 1. The number of carbonyl (C=O) groups excluding carboxylic acids is 2. The Morgan fingerprint density at radius 1 is 1.24 bits per heavy atom. The van der Waals surface area contributed by atoms with E-state index in [1.165, 1.54) is 12.0 Å². The van der Waals surface area contributed by atoms with Crippen molar-refractivity contribution in [2.24, 2.45) is 5.92 Å². The van der Waals surface area contributed by atoms with Crippen LogP contribution in [0.5, 0.6) is 5.75 Å². The van der Waals surface area contributed by atoms with E-state index < -0.39 is 24.3 Å². The zero-order valence-corrected chi connectivity index (χ0v) is 24.6. The minimum atomic E-state index is -1.21. The van der Waals surface area contributed by atoms with Crippen LogP contribution >= 0.6 is 11.6 Å². The molecule has 4 heterocycles. The first-order valence-electron chi connectivity index (χ1n) is 14.1. The van der Waals surface area contributed by atoms with Gasteiger partial charge in [-0.3, -0.25) is 4.79 Å². The molecule has 0 spiro atoms. The number of imidazole rings is 1. The fourth-order valence-corrected chi connectivity index (χ4v) is 6.19. The van der Waals surface area contributed by atoms with Crippen LogP contribution in [0.4, 0.5) is 9.18 Å². The maximum absolute atomic E-state index is 14.7. The molecule has 9 nitrogen and oxygen atoms in total. The third-order valence-corrected chi connectivity index (χ3v) is 8.34. The van der Waals surface area contributed by atoms with Crippen LogP contribution in [0, 0.1) is 5.92 Å². The third-order valence-electron chi connectivity index (χ3n) is 8.11. The smallest absolute Gasteiger partial charge is 0.407 e. The fourth-order valence-electron chi connectivity index (χ4n) is 6.01. The molecule has 4 aromatic rings. The van der Waals surface area contributed by atoms with E-state index >= 15 is 0 Å². The molecule has 4 atom stereocenters. The Bertz CT molecular complexity index is 1670. The molecule has 0 radical (unpaired) electrons. The Balaban J connectivity index is 1.30. The lowest BCUT2D eigenvalue weighted by Crippen LogP contribution is -2.51. The average Bonchev–Trinajstić information content (AvgIpc) is 3.71. The van der Waals surface area contributed by atoms with Gasteiger partial charge in [0.15, 0.2) is 6.23 Å². The van der Waals surface area contributed by atoms with Gasteiger partial charge in [0.25, 0.3) is 0 Å². The second-order valence-corrected chi connectivity index (χ2v) is 11.6. The van der Waals surface area contributed by atoms with Gasteiger partial charge in [-0.15, -0.1) is 0 Å². The Hall–Kier alpha value is -4.05. The SMILES string of the molecule is CCC1Oc2cc(-c3cnc(C4CC(F)CN4C(=O)C(NC(=O)OC)C(C)C)[nH]3)ccc2-c2cc3cc(Cl)ccc3n21. The van der Waals surface area contributed by atoms with Gasteiger partial charge >= 0.3 is 6.09 Å². The number of rotatable bonds is 6. The summed E-state index contributed by atoms with van der Waals surface area (Å²) in [7, 11) is 1.24. The van der Waals surface area contributed by atoms with Gasteiger partial charge in [-0.25, -0.2) is 14.2 Å². The standard InChI is InChI=1S/C31H33ClFN5O4/c1-5-27-38-23-9-7-19(32)10-18(23)11-24(38)21-8-6-17(12-26(21)42-27)22-14-34-29(35-22)25-13-20(33)15-37(25)30(39)28(16(2)3)36-31(40)41-4/h6-12,14,16,20,25,27-28H,5,13,15H2,1-4H3,(H,34,35)(H,36,40). The number of aromatic nitrogens is 3. The molecule has 2 aromatic carbocycles. The van der Waals surface area contributed by atoms with E-state index in [-0.39, 0.29) is 31.0 Å². The fraction of sp³-hybridized carbons (Fsp3) is 0.387. The molecule has 11 heteroatoms. The van der Waals surface area contributed by atoms with E-state index in [1.807, 2.05) is 50.2 Å². The van der Waals surface area contributed by atoms with Crippen LogP contribution in [-0.2, 0) is 9.53 Å². The Kier molecular flexibility index (Phi) is 7.34. The zero-order chi connectivity index (χ0) is 29.7. The van der Waals surface area contributed by atoms with Crippen LogP contribution < -0.4 is 10.1 Å². The quantitative estimate of drug-likeness (QED) is 0.261. The number of H-pyrrole nitrogens is 1. The molecule has 2 aliphatic rings. The molecule has 42 heavy (non-hydrogen) atoms. The van der Waals surface area contributed by atoms with Crippen molar-refractivity contribution in [2.45, 2.75) is 58.1 Å². The Labute approximate surface area is 248 Å². The highest BCUT2D eigenvalue weighted by molar-refractivity contribution is 6.31. The summed E-state index contributed by atoms with van der Waals surface area (Å²) in [4.78, 5) is 34.7. The van der Waals surface area contributed by atoms with E-state index in [0.717, 1.165) is 45.6 Å². The molecule has 0 saturated carbocycles. The normalized spacial score (nSPS) is 20.3. The van der Waals surface area contributed by atoms with Crippen molar-refractivity contribution in [2.75, 3.05) is 13.7 Å². The molecule has 2 aliphatic heterocycles. The first-order valence-corrected chi connectivity index (χ1v) is 14.5. The molecule has 2 N–H and O–H groups in total. The second kappa shape index (κ2) is 11.0. The monoisotopic (exact) mass is 593 g/mol. The first-order chi connectivity index (χ1) is 20.2. The summed E-state index contributed by atoms with van der Waals surface area (Å²) in [6, 6.07) is 12.6. The van der Waals surface area contributed by atoms with Crippen molar-refractivity contribution in [1.29, 1.82) is 0 Å². The molecular formula is C31H33ClFN5O4. The zero-order valence-electron chi connectivity index (χ0n) is 23.9. The average molecular weight is 594 g/mol. The molecule has 2 aromatic heterocycles. The molecule has 2 amide bonds. The number of ether oxygens (including phenoxy) is 2. The van der Waals surface area contributed by atoms with Gasteiger partial charge in [-0.2, -0.15) is 0 Å². The number of fused-ring (bicyclic) bond motifs is 5. The van der Waals surface area contributed by atoms with E-state index in [9.17, 15) is 14.0 Å². The van der Waals surface area contributed by atoms with Gasteiger partial charge in [0.05, 0.1) is 42.8 Å². The maximum atomic E-state index is 14.7. The van der Waals surface area contributed by atoms with Crippen LogP contribution in [0.1, 0.15) is 51.7 Å². The van der Waals surface area contributed by atoms with Crippen LogP contribution in [0.25, 0.3) is 33.4 Å². The number of halogens is 2. The number of nitrogens with zero attached hydrogens (tertiary/aromatic N) is 3. The first kappa shape index (κ1) is 28.1. The maximum Gasteiger partial charge on any atom is 0.407 e. The summed E-state index contributed by atoms with van der Waals surface area (Å²) in [6.07, 6.45) is 0.488. The van der Waals surface area contributed by atoms with Crippen LogP contribution in [0.15, 0.2) is 48.7 Å². The lowest BCUT2D eigenvalue weighted by molar-refractivity contribution is -0.135. The molecule has 0 bridgehead atoms. The molecule has 0 aliphatic carbocycles. The topological polar surface area (TPSA) is 101 Å². The van der Waals surface area contributed by atoms with Crippen molar-refractivity contribution in [3.63, 3.8) is 0 Å². The van der Waals surface area contributed by atoms with Crippen molar-refractivity contribution in [3.05, 3.63) is 59.5 Å². The predicted molar refractivity (Wildman–Crippen MR) is 158 cm³/mol. The van der Waals surface area contributed by atoms with Gasteiger partial charge in [-0.1, -0.05) is 38.4 Å². The van der Waals surface area contributed by atoms with E-state index in [4.69, 9.17) is 21.1 Å². The van der Waals surface area contributed by atoms with Gasteiger partial charge in [0.1, 0.15) is 23.8 Å². The van der Waals surface area contributed by atoms with Crippen LogP contribution in [0.2, 0.25) is 5.02 Å². The number of likely N-dealkylation sites (tertiary alicyclic amines) is 1. The summed E-state index contributed by atoms with van der Waals surface area (Å²) in [5, 5.41) is 4.33. The van der Waals surface area contributed by atoms with Gasteiger partial charge in [-0.05, 0) is 42.3 Å². The lowest BCUT2D eigenvalue weighted by Gasteiger charge is -2.30. The molecule has 6 rings (SSSR count). The highest BCUT2D eigenvalue weighted by atomic mass is 35.5. The predicted octanol–water partition coefficient (Wildman–Crippen LogP) is 6.64. The summed E-state index contributed by atoms with van der Waals surface area (Å²) >= 11 is 6.27. The number of nitrogens with one attached hydrogen (secondary N) is 2. The van der Waals surface area contributed by atoms with Crippen molar-refractivity contribution in [1.82, 2.24) is 24.8 Å². The highest BCUT2D eigenvalue weighted by Crippen LogP contribution is 2.45. The number of aromatic amines is 1. The summed E-state index contributed by atoms with van der Waals surface area (Å²) in [5.41, 5.74) is 4.69. The summed E-state index contributed by atoms with van der Waals surface area (Å²) < 4.78 is 28.1. The van der Waals surface area contributed by atoms with Crippen LogP contribution in [0.3, 0.4) is 0 Å². The van der Waals surface area contributed by atoms with Crippen molar-refractivity contribution < 1.29 is 23.5 Å². The van der Waals surface area contributed by atoms with Crippen LogP contribution in [-0.4, -0.2) is 57.3 Å². The van der Waals surface area contributed by atoms with Gasteiger partial charge in [0.2, 0.25) is 5.91 Å². The van der Waals surface area contributed by atoms with Gasteiger partial charge < -0.3 is 29.2 Å². The number of carbonyl (C=O) groups is 2. The molecule has 220 valence electrons. The number of hydrogen-bond donors (Lipinski definition) is 2. The van der Waals surface area contributed by atoms with Crippen molar-refractivity contribution >= 4 is 34.5 Å². The number of hydrogen-bond acceptors (Lipinski definition) is 5. The number of amides is 2. The molecule has 1 saturated heterocycles. The van der Waals surface area contributed by atoms with Gasteiger partial charge in [0, 0.05) is 34.4 Å². The second-order valence-electron chi connectivity index (χ2n) is 11.2. The number of alkyl halides is 1. The van der Waals surface area contributed by atoms with E-state index in [1.54, 1.807) is 6.20 Å². The van der Waals surface area contributed by atoms with E-state index in [2.05, 4.69) is 32.8 Å². The molecular weight excluding hydrogens is 561 g/mol. The Morgan fingerprint density at radius 2 is 2.05 bits per heavy atom. The summed E-state index contributed by atoms with van der Waals surface area (Å²) in [5.74, 6) is 0.650. The third kappa shape index (κ3) is 4.87. The summed E-state index contributed by atoms with van der Waals surface area (Å²) in [6.45, 7) is 5.65. The molecule has 4 unspecified atom stereocenters. The largest absolute Gasteiger partial charge is 0.469 e. The van der Waals surface area contributed by atoms with Crippen molar-refractivity contribution in [3.8, 4) is 28.3 Å². The number of benzene rings is 2. The highest BCUT2D eigenvalue weighted by Gasteiger charge is 2.41. The number of alkyl carbamates (subject to hydrolysis) is 1. The van der Waals surface area contributed by atoms with E-state index in [0.29, 0.717) is 10.8 Å². The minimum Gasteiger partial charge on any atom is -0.469 e.